The summed E-state index contributed by atoms with van der Waals surface area (Å²) in [5, 5.41) is 8.54. The van der Waals surface area contributed by atoms with E-state index in [0.717, 1.165) is 13.0 Å². The van der Waals surface area contributed by atoms with Gasteiger partial charge in [0.2, 0.25) is 0 Å². The van der Waals surface area contributed by atoms with Crippen LogP contribution in [0.5, 0.6) is 0 Å². The molecule has 2 heteroatoms. The quantitative estimate of drug-likeness (QED) is 0.643. The van der Waals surface area contributed by atoms with Gasteiger partial charge in [-0.2, -0.15) is 0 Å². The third kappa shape index (κ3) is 3.88. The zero-order chi connectivity index (χ0) is 8.65. The van der Waals surface area contributed by atoms with Gasteiger partial charge in [0, 0.05) is 13.2 Å². The molecule has 0 unspecified atom stereocenters. The van der Waals surface area contributed by atoms with Crippen LogP contribution in [-0.4, -0.2) is 36.2 Å². The van der Waals surface area contributed by atoms with Crippen molar-refractivity contribution in [2.75, 3.05) is 26.2 Å². The predicted octanol–water partition coefficient (Wildman–Crippen LogP) is 1.41. The lowest BCUT2D eigenvalue weighted by molar-refractivity contribution is 0.251. The van der Waals surface area contributed by atoms with Crippen molar-refractivity contribution in [3.63, 3.8) is 0 Å². The molecule has 1 aliphatic rings. The van der Waals surface area contributed by atoms with Crippen LogP contribution in [0, 0.1) is 0 Å². The Labute approximate surface area is 74.9 Å². The first-order valence-corrected chi connectivity index (χ1v) is 4.91. The average Bonchev–Trinajstić information content (AvgIpc) is 2.14. The van der Waals surface area contributed by atoms with Crippen LogP contribution in [-0.2, 0) is 0 Å². The van der Waals surface area contributed by atoms with Crippen molar-refractivity contribution in [1.29, 1.82) is 0 Å². The van der Waals surface area contributed by atoms with Crippen molar-refractivity contribution in [2.24, 2.45) is 0 Å². The second-order valence-corrected chi connectivity index (χ2v) is 3.34. The predicted molar refractivity (Wildman–Crippen MR) is 51.1 cm³/mol. The number of aliphatic hydroxyl groups excluding tert-OH is 1. The minimum absolute atomic E-state index is 0.274. The molecule has 0 aliphatic carbocycles. The molecule has 0 bridgehead atoms. The molecule has 1 saturated heterocycles. The minimum atomic E-state index is 0.274. The Morgan fingerprint density at radius 2 is 1.83 bits per heavy atom. The van der Waals surface area contributed by atoms with Crippen LogP contribution in [0.1, 0.15) is 25.7 Å². The van der Waals surface area contributed by atoms with Gasteiger partial charge in [-0.3, -0.25) is 4.90 Å². The highest BCUT2D eigenvalue weighted by atomic mass is 16.2. The van der Waals surface area contributed by atoms with Gasteiger partial charge in [-0.1, -0.05) is 18.6 Å². The van der Waals surface area contributed by atoms with Gasteiger partial charge in [0.05, 0.1) is 0 Å². The lowest BCUT2D eigenvalue weighted by atomic mass is 10.1. The van der Waals surface area contributed by atoms with E-state index in [9.17, 15) is 0 Å². The topological polar surface area (TPSA) is 23.5 Å². The first kappa shape index (κ1) is 9.75. The van der Waals surface area contributed by atoms with Crippen LogP contribution in [0.3, 0.4) is 0 Å². The molecule has 1 fully saturated rings. The Hall–Kier alpha value is -0.340. The molecule has 0 saturated carbocycles. The maximum atomic E-state index is 8.54. The van der Waals surface area contributed by atoms with Gasteiger partial charge in [-0.25, -0.2) is 0 Å². The van der Waals surface area contributed by atoms with Crippen molar-refractivity contribution >= 4 is 0 Å². The van der Waals surface area contributed by atoms with E-state index in [0.29, 0.717) is 0 Å². The smallest absolute Gasteiger partial charge is 0.0465 e. The van der Waals surface area contributed by atoms with E-state index in [-0.39, 0.29) is 6.61 Å². The van der Waals surface area contributed by atoms with E-state index in [1.807, 2.05) is 0 Å². The number of piperidine rings is 1. The molecule has 0 aromatic rings. The number of rotatable bonds is 4. The number of hydrogen-bond donors (Lipinski definition) is 1. The number of nitrogens with zero attached hydrogens (tertiary/aromatic N) is 1. The molecule has 0 aromatic carbocycles. The molecule has 0 aromatic heterocycles. The monoisotopic (exact) mass is 169 g/mol. The van der Waals surface area contributed by atoms with Gasteiger partial charge in [0.25, 0.3) is 0 Å². The van der Waals surface area contributed by atoms with Crippen LogP contribution in [0.4, 0.5) is 0 Å². The Morgan fingerprint density at radius 3 is 2.50 bits per heavy atom. The zero-order valence-electron chi connectivity index (χ0n) is 7.71. The first-order valence-electron chi connectivity index (χ1n) is 4.91. The molecular weight excluding hydrogens is 150 g/mol. The summed E-state index contributed by atoms with van der Waals surface area (Å²) in [6.45, 7) is 3.85. The van der Waals surface area contributed by atoms with Crippen molar-refractivity contribution < 1.29 is 5.11 Å². The van der Waals surface area contributed by atoms with Gasteiger partial charge < -0.3 is 5.11 Å². The minimum Gasteiger partial charge on any atom is -0.396 e. The summed E-state index contributed by atoms with van der Waals surface area (Å²) in [5.41, 5.74) is 0. The molecule has 2 nitrogen and oxygen atoms in total. The Balaban J connectivity index is 2.04. The number of hydrogen-bond acceptors (Lipinski definition) is 2. The fourth-order valence-electron chi connectivity index (χ4n) is 1.56. The van der Waals surface area contributed by atoms with E-state index in [1.54, 1.807) is 0 Å². The summed E-state index contributed by atoms with van der Waals surface area (Å²) in [4.78, 5) is 2.47. The summed E-state index contributed by atoms with van der Waals surface area (Å²) >= 11 is 0. The maximum absolute atomic E-state index is 8.54. The van der Waals surface area contributed by atoms with Gasteiger partial charge in [0.15, 0.2) is 0 Å². The van der Waals surface area contributed by atoms with Crippen LogP contribution in [0.2, 0.25) is 0 Å². The third-order valence-electron chi connectivity index (χ3n) is 2.27. The van der Waals surface area contributed by atoms with Gasteiger partial charge in [0.1, 0.15) is 0 Å². The number of aliphatic hydroxyl groups is 1. The summed E-state index contributed by atoms with van der Waals surface area (Å²) in [7, 11) is 0. The summed E-state index contributed by atoms with van der Waals surface area (Å²) in [6.07, 6.45) is 9.14. The van der Waals surface area contributed by atoms with Gasteiger partial charge in [-0.05, 0) is 32.4 Å². The summed E-state index contributed by atoms with van der Waals surface area (Å²) < 4.78 is 0. The van der Waals surface area contributed by atoms with Crippen LogP contribution >= 0.6 is 0 Å². The highest BCUT2D eigenvalue weighted by Crippen LogP contribution is 2.07. The Morgan fingerprint density at radius 1 is 1.08 bits per heavy atom. The zero-order valence-corrected chi connectivity index (χ0v) is 7.71. The largest absolute Gasteiger partial charge is 0.396 e. The van der Waals surface area contributed by atoms with Gasteiger partial charge in [-0.15, -0.1) is 0 Å². The molecule has 0 atom stereocenters. The lowest BCUT2D eigenvalue weighted by Crippen LogP contribution is -2.29. The Kier molecular flexibility index (Phi) is 5.04. The average molecular weight is 169 g/mol. The molecule has 1 N–H and O–H groups in total. The highest BCUT2D eigenvalue weighted by Gasteiger charge is 2.06. The van der Waals surface area contributed by atoms with Crippen LogP contribution < -0.4 is 0 Å². The molecule has 0 radical (unpaired) electrons. The standard InChI is InChI=1S/C10H19NO/c12-10-6-2-5-9-11-7-3-1-4-8-11/h2,5,12H,1,3-4,6-10H2/b5-2-. The molecule has 1 heterocycles. The van der Waals surface area contributed by atoms with Crippen LogP contribution in [0.15, 0.2) is 12.2 Å². The fraction of sp³-hybridized carbons (Fsp3) is 0.800. The van der Waals surface area contributed by atoms with E-state index in [4.69, 9.17) is 5.11 Å². The molecule has 12 heavy (non-hydrogen) atoms. The first-order chi connectivity index (χ1) is 5.93. The van der Waals surface area contributed by atoms with E-state index in [1.165, 1.54) is 32.4 Å². The second-order valence-electron chi connectivity index (χ2n) is 3.34. The molecule has 0 amide bonds. The summed E-state index contributed by atoms with van der Waals surface area (Å²) in [5.74, 6) is 0. The van der Waals surface area contributed by atoms with Crippen molar-refractivity contribution in [3.05, 3.63) is 12.2 Å². The highest BCUT2D eigenvalue weighted by molar-refractivity contribution is 4.85. The molecule has 0 spiro atoms. The van der Waals surface area contributed by atoms with E-state index < -0.39 is 0 Å². The molecule has 70 valence electrons. The van der Waals surface area contributed by atoms with Crippen molar-refractivity contribution in [3.8, 4) is 0 Å². The second kappa shape index (κ2) is 6.21. The van der Waals surface area contributed by atoms with Crippen LogP contribution in [0.25, 0.3) is 0 Å². The van der Waals surface area contributed by atoms with E-state index in [2.05, 4.69) is 17.1 Å². The van der Waals surface area contributed by atoms with E-state index >= 15 is 0 Å². The molecule has 1 rings (SSSR count). The fourth-order valence-corrected chi connectivity index (χ4v) is 1.56. The van der Waals surface area contributed by atoms with Crippen molar-refractivity contribution in [1.82, 2.24) is 4.90 Å². The summed E-state index contributed by atoms with van der Waals surface area (Å²) in [6, 6.07) is 0. The van der Waals surface area contributed by atoms with Gasteiger partial charge >= 0.3 is 0 Å². The molecular formula is C10H19NO. The van der Waals surface area contributed by atoms with Crippen molar-refractivity contribution in [2.45, 2.75) is 25.7 Å². The Bertz CT molecular complexity index is 128. The SMILES string of the molecule is OCC/C=C\CN1CCCCC1. The third-order valence-corrected chi connectivity index (χ3v) is 2.27. The lowest BCUT2D eigenvalue weighted by Gasteiger charge is -2.24. The number of likely N-dealkylation sites (tertiary alicyclic amines) is 1. The molecule has 1 aliphatic heterocycles. The maximum Gasteiger partial charge on any atom is 0.0465 e. The normalized spacial score (nSPS) is 20.4.